The third-order valence-electron chi connectivity index (χ3n) is 2.87. The number of nitrogens with one attached hydrogen (secondary N) is 1. The first-order valence-electron chi connectivity index (χ1n) is 6.62. The number of aromatic nitrogens is 2. The predicted molar refractivity (Wildman–Crippen MR) is 80.5 cm³/mol. The summed E-state index contributed by atoms with van der Waals surface area (Å²) in [6.07, 6.45) is 5.64. The highest BCUT2D eigenvalue weighted by Gasteiger charge is 2.10. The van der Waals surface area contributed by atoms with Crippen LogP contribution in [0.4, 0.5) is 5.13 Å². The molecule has 5 heteroatoms. The van der Waals surface area contributed by atoms with Crippen LogP contribution >= 0.6 is 11.3 Å². The molecule has 2 aromatic heterocycles. The molecule has 1 N–H and O–H groups in total. The van der Waals surface area contributed by atoms with E-state index in [1.165, 1.54) is 10.4 Å². The van der Waals surface area contributed by atoms with Crippen molar-refractivity contribution < 1.29 is 0 Å². The molecule has 2 rings (SSSR count). The van der Waals surface area contributed by atoms with Gasteiger partial charge in [-0.1, -0.05) is 6.92 Å². The number of nitrogens with zero attached hydrogens (tertiary/aromatic N) is 3. The van der Waals surface area contributed by atoms with Crippen LogP contribution in [-0.4, -0.2) is 23.1 Å². The Balaban J connectivity index is 2.03. The van der Waals surface area contributed by atoms with E-state index in [1.807, 2.05) is 18.6 Å². The molecule has 102 valence electrons. The molecule has 0 saturated heterocycles. The fraction of sp³-hybridized carbons (Fsp3) is 0.429. The monoisotopic (exact) mass is 276 g/mol. The third-order valence-corrected chi connectivity index (χ3v) is 3.92. The molecule has 0 unspecified atom stereocenters. The maximum atomic E-state index is 4.53. The SMILES string of the molecule is CCNCc1cnc(N(CC)Cc2ccncc2)s1. The van der Waals surface area contributed by atoms with Crippen LogP contribution in [0.3, 0.4) is 0 Å². The molecule has 0 aliphatic rings. The Morgan fingerprint density at radius 1 is 1.26 bits per heavy atom. The number of pyridine rings is 1. The van der Waals surface area contributed by atoms with Crippen LogP contribution in [0.5, 0.6) is 0 Å². The first-order chi connectivity index (χ1) is 9.33. The van der Waals surface area contributed by atoms with Gasteiger partial charge in [0.2, 0.25) is 0 Å². The number of hydrogen-bond acceptors (Lipinski definition) is 5. The summed E-state index contributed by atoms with van der Waals surface area (Å²) in [6, 6.07) is 4.10. The van der Waals surface area contributed by atoms with Gasteiger partial charge in [-0.25, -0.2) is 4.98 Å². The zero-order valence-corrected chi connectivity index (χ0v) is 12.3. The summed E-state index contributed by atoms with van der Waals surface area (Å²) in [6.45, 7) is 8.00. The van der Waals surface area contributed by atoms with Gasteiger partial charge >= 0.3 is 0 Å². The molecular weight excluding hydrogens is 256 g/mol. The van der Waals surface area contributed by atoms with Gasteiger partial charge in [0.15, 0.2) is 5.13 Å². The van der Waals surface area contributed by atoms with Crippen LogP contribution in [0.2, 0.25) is 0 Å². The molecule has 2 aromatic rings. The van der Waals surface area contributed by atoms with E-state index >= 15 is 0 Å². The Morgan fingerprint density at radius 2 is 2.05 bits per heavy atom. The summed E-state index contributed by atoms with van der Waals surface area (Å²) in [5.74, 6) is 0. The number of rotatable bonds is 7. The maximum absolute atomic E-state index is 4.53. The summed E-state index contributed by atoms with van der Waals surface area (Å²) < 4.78 is 0. The van der Waals surface area contributed by atoms with Gasteiger partial charge in [0.1, 0.15) is 0 Å². The van der Waals surface area contributed by atoms with Crippen molar-refractivity contribution in [3.05, 3.63) is 41.2 Å². The molecule has 0 aliphatic heterocycles. The van der Waals surface area contributed by atoms with E-state index in [4.69, 9.17) is 0 Å². The van der Waals surface area contributed by atoms with E-state index in [0.29, 0.717) is 0 Å². The van der Waals surface area contributed by atoms with Gasteiger partial charge in [0.25, 0.3) is 0 Å². The molecule has 0 atom stereocenters. The van der Waals surface area contributed by atoms with Gasteiger partial charge in [-0.3, -0.25) is 4.98 Å². The lowest BCUT2D eigenvalue weighted by Gasteiger charge is -2.19. The zero-order valence-electron chi connectivity index (χ0n) is 11.5. The number of thiazole rings is 1. The smallest absolute Gasteiger partial charge is 0.185 e. The maximum Gasteiger partial charge on any atom is 0.185 e. The Morgan fingerprint density at radius 3 is 2.74 bits per heavy atom. The summed E-state index contributed by atoms with van der Waals surface area (Å²) in [5, 5.41) is 4.42. The lowest BCUT2D eigenvalue weighted by Crippen LogP contribution is -2.21. The summed E-state index contributed by atoms with van der Waals surface area (Å²) in [5.41, 5.74) is 1.26. The molecule has 2 heterocycles. The van der Waals surface area contributed by atoms with E-state index in [0.717, 1.165) is 31.3 Å². The Hall–Kier alpha value is -1.46. The average Bonchev–Trinajstić information content (AvgIpc) is 2.92. The molecule has 0 radical (unpaired) electrons. The third kappa shape index (κ3) is 4.01. The highest BCUT2D eigenvalue weighted by molar-refractivity contribution is 7.15. The minimum atomic E-state index is 0.882. The zero-order chi connectivity index (χ0) is 13.5. The van der Waals surface area contributed by atoms with Crippen LogP contribution in [0.15, 0.2) is 30.7 Å². The standard InChI is InChI=1S/C14H20N4S/c1-3-15-9-13-10-17-14(19-13)18(4-2)11-12-5-7-16-8-6-12/h5-8,10,15H,3-4,9,11H2,1-2H3. The van der Waals surface area contributed by atoms with E-state index in [1.54, 1.807) is 11.3 Å². The molecule has 0 saturated carbocycles. The van der Waals surface area contributed by atoms with Crippen molar-refractivity contribution in [2.75, 3.05) is 18.0 Å². The molecule has 19 heavy (non-hydrogen) atoms. The first-order valence-corrected chi connectivity index (χ1v) is 7.44. The van der Waals surface area contributed by atoms with Crippen LogP contribution in [0, 0.1) is 0 Å². The van der Waals surface area contributed by atoms with Crippen molar-refractivity contribution >= 4 is 16.5 Å². The topological polar surface area (TPSA) is 41.1 Å². The van der Waals surface area contributed by atoms with Gasteiger partial charge < -0.3 is 10.2 Å². The summed E-state index contributed by atoms with van der Waals surface area (Å²) in [7, 11) is 0. The van der Waals surface area contributed by atoms with Crippen molar-refractivity contribution in [3.63, 3.8) is 0 Å². The Labute approximate surface area is 118 Å². The molecule has 0 aromatic carbocycles. The number of hydrogen-bond donors (Lipinski definition) is 1. The van der Waals surface area contributed by atoms with Crippen molar-refractivity contribution in [2.45, 2.75) is 26.9 Å². The summed E-state index contributed by atoms with van der Waals surface area (Å²) >= 11 is 1.76. The molecular formula is C14H20N4S. The minimum absolute atomic E-state index is 0.882. The summed E-state index contributed by atoms with van der Waals surface area (Å²) in [4.78, 5) is 12.1. The van der Waals surface area contributed by atoms with Gasteiger partial charge in [-0.2, -0.15) is 0 Å². The molecule has 0 aliphatic carbocycles. The van der Waals surface area contributed by atoms with Crippen LogP contribution < -0.4 is 10.2 Å². The molecule has 0 bridgehead atoms. The average molecular weight is 276 g/mol. The molecule has 4 nitrogen and oxygen atoms in total. The molecule has 0 spiro atoms. The quantitative estimate of drug-likeness (QED) is 0.844. The van der Waals surface area contributed by atoms with E-state index in [2.05, 4.69) is 46.2 Å². The largest absolute Gasteiger partial charge is 0.344 e. The fourth-order valence-electron chi connectivity index (χ4n) is 1.80. The Bertz CT molecular complexity index is 483. The van der Waals surface area contributed by atoms with Crippen molar-refractivity contribution in [1.82, 2.24) is 15.3 Å². The van der Waals surface area contributed by atoms with E-state index < -0.39 is 0 Å². The van der Waals surface area contributed by atoms with Gasteiger partial charge in [0, 0.05) is 43.1 Å². The van der Waals surface area contributed by atoms with E-state index in [-0.39, 0.29) is 0 Å². The second-order valence-electron chi connectivity index (χ2n) is 4.26. The van der Waals surface area contributed by atoms with Crippen LogP contribution in [0.1, 0.15) is 24.3 Å². The molecule has 0 fully saturated rings. The lowest BCUT2D eigenvalue weighted by molar-refractivity contribution is 0.734. The fourth-order valence-corrected chi connectivity index (χ4v) is 2.74. The predicted octanol–water partition coefficient (Wildman–Crippen LogP) is 2.67. The number of anilines is 1. The van der Waals surface area contributed by atoms with E-state index in [9.17, 15) is 0 Å². The first kappa shape index (κ1) is 14.0. The van der Waals surface area contributed by atoms with Crippen molar-refractivity contribution in [1.29, 1.82) is 0 Å². The highest BCUT2D eigenvalue weighted by atomic mass is 32.1. The van der Waals surface area contributed by atoms with Gasteiger partial charge in [-0.15, -0.1) is 11.3 Å². The van der Waals surface area contributed by atoms with Crippen molar-refractivity contribution in [2.24, 2.45) is 0 Å². The van der Waals surface area contributed by atoms with Crippen molar-refractivity contribution in [3.8, 4) is 0 Å². The van der Waals surface area contributed by atoms with Gasteiger partial charge in [-0.05, 0) is 31.2 Å². The second-order valence-corrected chi connectivity index (χ2v) is 5.35. The van der Waals surface area contributed by atoms with Gasteiger partial charge in [0.05, 0.1) is 0 Å². The second kappa shape index (κ2) is 7.21. The normalized spacial score (nSPS) is 10.6. The molecule has 0 amide bonds. The lowest BCUT2D eigenvalue weighted by atomic mass is 10.2. The minimum Gasteiger partial charge on any atom is -0.344 e. The van der Waals surface area contributed by atoms with Crippen LogP contribution in [0.25, 0.3) is 0 Å². The highest BCUT2D eigenvalue weighted by Crippen LogP contribution is 2.23. The Kier molecular flexibility index (Phi) is 5.30. The van der Waals surface area contributed by atoms with Crippen LogP contribution in [-0.2, 0) is 13.1 Å².